The first kappa shape index (κ1) is 9.09. The number of fused-ring (bicyclic) bond motifs is 1. The summed E-state index contributed by atoms with van der Waals surface area (Å²) < 4.78 is 0. The number of nitrogens with zero attached hydrogens (tertiary/aromatic N) is 2. The van der Waals surface area contributed by atoms with Gasteiger partial charge in [-0.25, -0.2) is 0 Å². The lowest BCUT2D eigenvalue weighted by Gasteiger charge is -2.00. The van der Waals surface area contributed by atoms with E-state index in [1.54, 1.807) is 6.20 Å². The standard InChI is InChI=1S/C11H12N2O/c14-8-2-3-9-5-6-10-11(13-9)4-1-7-12-10/h1,4-7,14H,2-3,8H2. The molecule has 0 aliphatic rings. The van der Waals surface area contributed by atoms with Gasteiger partial charge in [0.1, 0.15) is 0 Å². The third kappa shape index (κ3) is 1.88. The molecule has 3 heteroatoms. The first-order valence-electron chi connectivity index (χ1n) is 4.71. The molecular weight excluding hydrogens is 176 g/mol. The highest BCUT2D eigenvalue weighted by atomic mass is 16.2. The number of aliphatic hydroxyl groups is 1. The van der Waals surface area contributed by atoms with Crippen LogP contribution in [0.25, 0.3) is 11.0 Å². The first-order chi connectivity index (χ1) is 6.90. The normalized spacial score (nSPS) is 10.6. The van der Waals surface area contributed by atoms with Crippen molar-refractivity contribution >= 4 is 11.0 Å². The van der Waals surface area contributed by atoms with E-state index in [2.05, 4.69) is 9.97 Å². The highest BCUT2D eigenvalue weighted by Crippen LogP contribution is 2.09. The van der Waals surface area contributed by atoms with E-state index in [0.29, 0.717) is 0 Å². The number of aromatic nitrogens is 2. The summed E-state index contributed by atoms with van der Waals surface area (Å²) in [6.07, 6.45) is 3.34. The fourth-order valence-corrected chi connectivity index (χ4v) is 1.40. The second kappa shape index (κ2) is 4.15. The van der Waals surface area contributed by atoms with Crippen molar-refractivity contribution < 1.29 is 5.11 Å². The summed E-state index contributed by atoms with van der Waals surface area (Å²) in [6, 6.07) is 7.76. The van der Waals surface area contributed by atoms with Crippen LogP contribution in [-0.4, -0.2) is 21.7 Å². The van der Waals surface area contributed by atoms with Crippen LogP contribution in [0.2, 0.25) is 0 Å². The van der Waals surface area contributed by atoms with Gasteiger partial charge in [-0.2, -0.15) is 0 Å². The van der Waals surface area contributed by atoms with Crippen molar-refractivity contribution in [1.82, 2.24) is 9.97 Å². The van der Waals surface area contributed by atoms with Gasteiger partial charge in [0.2, 0.25) is 0 Å². The molecule has 0 saturated carbocycles. The van der Waals surface area contributed by atoms with Crippen molar-refractivity contribution in [2.75, 3.05) is 6.61 Å². The van der Waals surface area contributed by atoms with E-state index in [-0.39, 0.29) is 6.61 Å². The van der Waals surface area contributed by atoms with Crippen LogP contribution in [0.1, 0.15) is 12.1 Å². The summed E-state index contributed by atoms with van der Waals surface area (Å²) in [4.78, 5) is 8.63. The number of pyridine rings is 2. The highest BCUT2D eigenvalue weighted by molar-refractivity contribution is 5.73. The predicted molar refractivity (Wildman–Crippen MR) is 54.9 cm³/mol. The van der Waals surface area contributed by atoms with Crippen LogP contribution in [0.4, 0.5) is 0 Å². The van der Waals surface area contributed by atoms with E-state index in [1.165, 1.54) is 0 Å². The molecular formula is C11H12N2O. The summed E-state index contributed by atoms with van der Waals surface area (Å²) in [7, 11) is 0. The second-order valence-corrected chi connectivity index (χ2v) is 3.17. The number of rotatable bonds is 3. The van der Waals surface area contributed by atoms with Crippen LogP contribution in [0, 0.1) is 0 Å². The molecule has 1 N–H and O–H groups in total. The largest absolute Gasteiger partial charge is 0.396 e. The van der Waals surface area contributed by atoms with Crippen LogP contribution in [0.3, 0.4) is 0 Å². The first-order valence-corrected chi connectivity index (χ1v) is 4.71. The average Bonchev–Trinajstić information content (AvgIpc) is 2.26. The molecule has 14 heavy (non-hydrogen) atoms. The smallest absolute Gasteiger partial charge is 0.0889 e. The Morgan fingerprint density at radius 2 is 2.07 bits per heavy atom. The Kier molecular flexibility index (Phi) is 2.70. The maximum atomic E-state index is 8.70. The van der Waals surface area contributed by atoms with E-state index in [1.807, 2.05) is 24.3 Å². The highest BCUT2D eigenvalue weighted by Gasteiger charge is 1.97. The maximum absolute atomic E-state index is 8.70. The quantitative estimate of drug-likeness (QED) is 0.795. The van der Waals surface area contributed by atoms with Gasteiger partial charge in [-0.15, -0.1) is 0 Å². The van der Waals surface area contributed by atoms with Gasteiger partial charge < -0.3 is 5.11 Å². The second-order valence-electron chi connectivity index (χ2n) is 3.17. The third-order valence-corrected chi connectivity index (χ3v) is 2.10. The van der Waals surface area contributed by atoms with Gasteiger partial charge in [-0.05, 0) is 37.1 Å². The van der Waals surface area contributed by atoms with Crippen molar-refractivity contribution in [2.24, 2.45) is 0 Å². The van der Waals surface area contributed by atoms with E-state index in [0.717, 1.165) is 29.6 Å². The minimum atomic E-state index is 0.215. The Labute approximate surface area is 82.4 Å². The van der Waals surface area contributed by atoms with Crippen LogP contribution in [0.5, 0.6) is 0 Å². The molecule has 0 saturated heterocycles. The number of aryl methyl sites for hydroxylation is 1. The summed E-state index contributed by atoms with van der Waals surface area (Å²) >= 11 is 0. The van der Waals surface area contributed by atoms with Gasteiger partial charge >= 0.3 is 0 Å². The van der Waals surface area contributed by atoms with Gasteiger partial charge in [-0.1, -0.05) is 0 Å². The lowest BCUT2D eigenvalue weighted by Crippen LogP contribution is -1.93. The summed E-state index contributed by atoms with van der Waals surface area (Å²) in [5, 5.41) is 8.70. The van der Waals surface area contributed by atoms with E-state index in [9.17, 15) is 0 Å². The molecule has 0 aliphatic heterocycles. The maximum Gasteiger partial charge on any atom is 0.0889 e. The summed E-state index contributed by atoms with van der Waals surface area (Å²) in [5.74, 6) is 0. The third-order valence-electron chi connectivity index (χ3n) is 2.10. The molecule has 0 radical (unpaired) electrons. The fraction of sp³-hybridized carbons (Fsp3) is 0.273. The molecule has 3 nitrogen and oxygen atoms in total. The van der Waals surface area contributed by atoms with E-state index >= 15 is 0 Å². The van der Waals surface area contributed by atoms with Crippen molar-refractivity contribution in [1.29, 1.82) is 0 Å². The molecule has 2 aromatic rings. The van der Waals surface area contributed by atoms with E-state index in [4.69, 9.17) is 5.11 Å². The molecule has 0 spiro atoms. The van der Waals surface area contributed by atoms with Gasteiger partial charge in [-0.3, -0.25) is 9.97 Å². The van der Waals surface area contributed by atoms with Crippen molar-refractivity contribution in [2.45, 2.75) is 12.8 Å². The number of hydrogen-bond donors (Lipinski definition) is 1. The lowest BCUT2D eigenvalue weighted by atomic mass is 10.2. The Balaban J connectivity index is 2.32. The van der Waals surface area contributed by atoms with Crippen molar-refractivity contribution in [3.8, 4) is 0 Å². The molecule has 72 valence electrons. The zero-order valence-electron chi connectivity index (χ0n) is 7.85. The predicted octanol–water partition coefficient (Wildman–Crippen LogP) is 1.55. The zero-order valence-corrected chi connectivity index (χ0v) is 7.85. The van der Waals surface area contributed by atoms with E-state index < -0.39 is 0 Å². The van der Waals surface area contributed by atoms with Crippen LogP contribution >= 0.6 is 0 Å². The Morgan fingerprint density at radius 3 is 2.93 bits per heavy atom. The van der Waals surface area contributed by atoms with Gasteiger partial charge in [0.25, 0.3) is 0 Å². The molecule has 0 unspecified atom stereocenters. The fourth-order valence-electron chi connectivity index (χ4n) is 1.40. The zero-order chi connectivity index (χ0) is 9.80. The van der Waals surface area contributed by atoms with Crippen molar-refractivity contribution in [3.05, 3.63) is 36.2 Å². The number of hydrogen-bond acceptors (Lipinski definition) is 3. The van der Waals surface area contributed by atoms with Gasteiger partial charge in [0.15, 0.2) is 0 Å². The summed E-state index contributed by atoms with van der Waals surface area (Å²) in [6.45, 7) is 0.215. The van der Waals surface area contributed by atoms with Crippen molar-refractivity contribution in [3.63, 3.8) is 0 Å². The molecule has 2 aromatic heterocycles. The van der Waals surface area contributed by atoms with Crippen LogP contribution in [0.15, 0.2) is 30.5 Å². The molecule has 0 atom stereocenters. The molecule has 0 aliphatic carbocycles. The lowest BCUT2D eigenvalue weighted by molar-refractivity contribution is 0.288. The Hall–Kier alpha value is -1.48. The molecule has 0 aromatic carbocycles. The Bertz CT molecular complexity index is 428. The SMILES string of the molecule is OCCCc1ccc2ncccc2n1. The number of aliphatic hydroxyl groups excluding tert-OH is 1. The van der Waals surface area contributed by atoms with Gasteiger partial charge in [0.05, 0.1) is 11.0 Å². The minimum Gasteiger partial charge on any atom is -0.396 e. The molecule has 0 amide bonds. The molecule has 0 bridgehead atoms. The van der Waals surface area contributed by atoms with Crippen LogP contribution < -0.4 is 0 Å². The Morgan fingerprint density at radius 1 is 1.14 bits per heavy atom. The average molecular weight is 188 g/mol. The van der Waals surface area contributed by atoms with Gasteiger partial charge in [0, 0.05) is 18.5 Å². The molecule has 2 heterocycles. The summed E-state index contributed by atoms with van der Waals surface area (Å²) in [5.41, 5.74) is 2.85. The minimum absolute atomic E-state index is 0.215. The topological polar surface area (TPSA) is 46.0 Å². The molecule has 0 fully saturated rings. The monoisotopic (exact) mass is 188 g/mol. The molecule has 2 rings (SSSR count). The van der Waals surface area contributed by atoms with Crippen LogP contribution in [-0.2, 0) is 6.42 Å².